The molecule has 4 rings (SSSR count). The Balaban J connectivity index is 1.45. The molecular formula is C33H42N4O9. The highest BCUT2D eigenvalue weighted by molar-refractivity contribution is 5.88. The molecule has 0 aromatic heterocycles. The Hall–Kier alpha value is -4.49. The fraction of sp³-hybridized carbons (Fsp3) is 0.485. The molecule has 13 heteroatoms. The van der Waals surface area contributed by atoms with Gasteiger partial charge in [-0.15, -0.1) is 0 Å². The Morgan fingerprint density at radius 3 is 1.96 bits per heavy atom. The average Bonchev–Trinajstić information content (AvgIpc) is 3.28. The summed E-state index contributed by atoms with van der Waals surface area (Å²) >= 11 is 0. The number of rotatable bonds is 9. The van der Waals surface area contributed by atoms with E-state index >= 15 is 0 Å². The minimum atomic E-state index is -1.44. The summed E-state index contributed by atoms with van der Waals surface area (Å²) in [5.74, 6) is -2.74. The van der Waals surface area contributed by atoms with Crippen LogP contribution in [0.2, 0.25) is 0 Å². The summed E-state index contributed by atoms with van der Waals surface area (Å²) < 4.78 is 16.9. The number of fused-ring (bicyclic) bond motifs is 3. The summed E-state index contributed by atoms with van der Waals surface area (Å²) in [5, 5.41) is 21.1. The third-order valence-corrected chi connectivity index (χ3v) is 7.69. The summed E-state index contributed by atoms with van der Waals surface area (Å²) in [6.07, 6.45) is -4.78. The van der Waals surface area contributed by atoms with Gasteiger partial charge >= 0.3 is 12.1 Å². The summed E-state index contributed by atoms with van der Waals surface area (Å²) in [6.45, 7) is 9.04. The van der Waals surface area contributed by atoms with E-state index in [-0.39, 0.29) is 12.5 Å². The lowest BCUT2D eigenvalue weighted by Gasteiger charge is -2.44. The van der Waals surface area contributed by atoms with E-state index in [0.29, 0.717) is 0 Å². The van der Waals surface area contributed by atoms with E-state index in [0.717, 1.165) is 22.3 Å². The highest BCUT2D eigenvalue weighted by Gasteiger charge is 2.45. The molecule has 6 atom stereocenters. The van der Waals surface area contributed by atoms with Crippen molar-refractivity contribution < 1.29 is 43.3 Å². The van der Waals surface area contributed by atoms with Crippen LogP contribution in [0.25, 0.3) is 11.1 Å². The van der Waals surface area contributed by atoms with Crippen molar-refractivity contribution in [3.63, 3.8) is 0 Å². The van der Waals surface area contributed by atoms with Crippen molar-refractivity contribution in [2.75, 3.05) is 6.61 Å². The van der Waals surface area contributed by atoms with Crippen LogP contribution in [0.3, 0.4) is 0 Å². The second-order valence-electron chi connectivity index (χ2n) is 12.5. The molecule has 248 valence electrons. The van der Waals surface area contributed by atoms with Crippen LogP contribution in [0.15, 0.2) is 48.5 Å². The number of alkyl carbamates (subject to hydrolysis) is 1. The van der Waals surface area contributed by atoms with Crippen LogP contribution in [0.4, 0.5) is 4.79 Å². The zero-order valence-corrected chi connectivity index (χ0v) is 26.8. The fourth-order valence-corrected chi connectivity index (χ4v) is 5.79. The van der Waals surface area contributed by atoms with E-state index in [1.165, 1.54) is 13.8 Å². The van der Waals surface area contributed by atoms with Gasteiger partial charge in [-0.1, -0.05) is 48.5 Å². The second-order valence-corrected chi connectivity index (χ2v) is 12.5. The minimum Gasteiger partial charge on any atom is -0.458 e. The Morgan fingerprint density at radius 2 is 1.41 bits per heavy atom. The standard InChI is InChI=1S/C33H42N4O9/c1-17-27(34-18(2)38)29(41)28(35-19(3)39)30(45-17)37-26(40)15-25(31(42)46-33(4,5)6)36-32(43)44-16-24-22-13-9-7-11-20(22)21-12-8-10-14-23(21)24/h7-14,17,24-25,27-30,41H,15-16H2,1-6H3,(H,34,38)(H,35,39)(H,36,43)(H,37,40)/t17-,25+,27-,28-,29+,30-/m1/s1. The molecule has 1 fully saturated rings. The molecule has 1 aliphatic heterocycles. The van der Waals surface area contributed by atoms with Crippen LogP contribution >= 0.6 is 0 Å². The van der Waals surface area contributed by atoms with E-state index in [9.17, 15) is 29.1 Å². The van der Waals surface area contributed by atoms with Gasteiger partial charge in [-0.3, -0.25) is 14.4 Å². The van der Waals surface area contributed by atoms with Gasteiger partial charge in [0.2, 0.25) is 17.7 Å². The molecule has 0 spiro atoms. The Labute approximate surface area is 267 Å². The number of aliphatic hydroxyl groups is 1. The van der Waals surface area contributed by atoms with E-state index in [1.54, 1.807) is 27.7 Å². The van der Waals surface area contributed by atoms with Crippen molar-refractivity contribution in [1.82, 2.24) is 21.3 Å². The molecule has 13 nitrogen and oxygen atoms in total. The summed E-state index contributed by atoms with van der Waals surface area (Å²) in [4.78, 5) is 63.0. The number of ether oxygens (including phenoxy) is 3. The van der Waals surface area contributed by atoms with Crippen LogP contribution in [-0.2, 0) is 33.4 Å². The quantitative estimate of drug-likeness (QED) is 0.256. The number of benzene rings is 2. The number of hydrogen-bond acceptors (Lipinski definition) is 9. The third kappa shape index (κ3) is 8.40. The summed E-state index contributed by atoms with van der Waals surface area (Å²) in [6, 6.07) is 12.3. The largest absolute Gasteiger partial charge is 0.458 e. The van der Waals surface area contributed by atoms with E-state index in [4.69, 9.17) is 14.2 Å². The molecule has 2 aromatic carbocycles. The van der Waals surface area contributed by atoms with Gasteiger partial charge in [-0.2, -0.15) is 0 Å². The van der Waals surface area contributed by atoms with Crippen molar-refractivity contribution in [1.29, 1.82) is 0 Å². The number of amides is 4. The Kier molecular flexibility index (Phi) is 10.7. The van der Waals surface area contributed by atoms with Gasteiger partial charge < -0.3 is 40.6 Å². The van der Waals surface area contributed by atoms with Gasteiger partial charge in [-0.25, -0.2) is 9.59 Å². The Bertz CT molecular complexity index is 1430. The van der Waals surface area contributed by atoms with Gasteiger partial charge in [0.05, 0.1) is 18.6 Å². The third-order valence-electron chi connectivity index (χ3n) is 7.69. The molecule has 1 saturated heterocycles. The van der Waals surface area contributed by atoms with Gasteiger partial charge in [0, 0.05) is 19.8 Å². The van der Waals surface area contributed by atoms with E-state index in [1.807, 2.05) is 48.5 Å². The van der Waals surface area contributed by atoms with E-state index < -0.39 is 78.4 Å². The molecule has 0 saturated carbocycles. The number of aliphatic hydroxyl groups excluding tert-OH is 1. The average molecular weight is 639 g/mol. The maximum absolute atomic E-state index is 13.3. The number of hydrogen-bond donors (Lipinski definition) is 5. The zero-order chi connectivity index (χ0) is 33.8. The van der Waals surface area contributed by atoms with Crippen LogP contribution in [0, 0.1) is 0 Å². The maximum Gasteiger partial charge on any atom is 0.407 e. The lowest BCUT2D eigenvalue weighted by atomic mass is 9.93. The van der Waals surface area contributed by atoms with Crippen LogP contribution in [-0.4, -0.2) is 83.7 Å². The molecule has 0 bridgehead atoms. The van der Waals surface area contributed by atoms with Gasteiger partial charge in [0.25, 0.3) is 0 Å². The molecule has 1 aliphatic carbocycles. The maximum atomic E-state index is 13.3. The Morgan fingerprint density at radius 1 is 0.870 bits per heavy atom. The molecule has 5 N–H and O–H groups in total. The smallest absolute Gasteiger partial charge is 0.407 e. The molecule has 46 heavy (non-hydrogen) atoms. The van der Waals surface area contributed by atoms with Crippen molar-refractivity contribution in [2.24, 2.45) is 0 Å². The summed E-state index contributed by atoms with van der Waals surface area (Å²) in [7, 11) is 0. The number of esters is 1. The molecule has 4 amide bonds. The van der Waals surface area contributed by atoms with Gasteiger partial charge in [0.15, 0.2) is 6.23 Å². The number of carbonyl (C=O) groups excluding carboxylic acids is 5. The van der Waals surface area contributed by atoms with Gasteiger partial charge in [0.1, 0.15) is 30.4 Å². The minimum absolute atomic E-state index is 0.00730. The topological polar surface area (TPSA) is 181 Å². The predicted molar refractivity (Wildman–Crippen MR) is 166 cm³/mol. The first kappa shape index (κ1) is 34.4. The highest BCUT2D eigenvalue weighted by atomic mass is 16.6. The van der Waals surface area contributed by atoms with E-state index in [2.05, 4.69) is 21.3 Å². The highest BCUT2D eigenvalue weighted by Crippen LogP contribution is 2.44. The first-order valence-corrected chi connectivity index (χ1v) is 15.2. The first-order valence-electron chi connectivity index (χ1n) is 15.2. The van der Waals surface area contributed by atoms with Gasteiger partial charge in [-0.05, 0) is 49.9 Å². The van der Waals surface area contributed by atoms with Crippen molar-refractivity contribution in [3.05, 3.63) is 59.7 Å². The lowest BCUT2D eigenvalue weighted by Crippen LogP contribution is -2.70. The normalized spacial score (nSPS) is 22.8. The molecule has 2 aliphatic rings. The monoisotopic (exact) mass is 638 g/mol. The summed E-state index contributed by atoms with van der Waals surface area (Å²) in [5.41, 5.74) is 3.22. The second kappa shape index (κ2) is 14.3. The first-order chi connectivity index (χ1) is 21.6. The SMILES string of the molecule is CC(=O)N[C@@H]1[C@@H](O)[C@H](NC(C)=O)[C@@H](C)O[C@H]1NC(=O)C[C@H](NC(=O)OCC1c2ccccc2-c2ccccc21)C(=O)OC(C)(C)C. The van der Waals surface area contributed by atoms with Crippen molar-refractivity contribution >= 4 is 29.8 Å². The molecular weight excluding hydrogens is 596 g/mol. The van der Waals surface area contributed by atoms with Crippen LogP contribution in [0.1, 0.15) is 65.0 Å². The van der Waals surface area contributed by atoms with Crippen molar-refractivity contribution in [2.45, 2.75) is 96.0 Å². The molecule has 1 heterocycles. The zero-order valence-electron chi connectivity index (χ0n) is 26.8. The number of carbonyl (C=O) groups is 5. The molecule has 2 aromatic rings. The predicted octanol–water partition coefficient (Wildman–Crippen LogP) is 1.86. The molecule has 0 radical (unpaired) electrons. The number of nitrogens with one attached hydrogen (secondary N) is 4. The van der Waals surface area contributed by atoms with Crippen molar-refractivity contribution in [3.8, 4) is 11.1 Å². The lowest BCUT2D eigenvalue weighted by molar-refractivity contribution is -0.163. The fourth-order valence-electron chi connectivity index (χ4n) is 5.79. The van der Waals surface area contributed by atoms with Crippen LogP contribution < -0.4 is 21.3 Å². The molecule has 0 unspecified atom stereocenters. The van der Waals surface area contributed by atoms with Crippen LogP contribution in [0.5, 0.6) is 0 Å².